The lowest BCUT2D eigenvalue weighted by atomic mass is 9.95. The van der Waals surface area contributed by atoms with Gasteiger partial charge in [0, 0.05) is 24.1 Å². The van der Waals surface area contributed by atoms with E-state index in [1.165, 1.54) is 4.31 Å². The summed E-state index contributed by atoms with van der Waals surface area (Å²) in [5.74, 6) is 0.0156. The maximum Gasteiger partial charge on any atom is 0.243 e. The van der Waals surface area contributed by atoms with E-state index in [0.29, 0.717) is 6.54 Å². The van der Waals surface area contributed by atoms with Crippen molar-refractivity contribution in [2.24, 2.45) is 0 Å². The van der Waals surface area contributed by atoms with Gasteiger partial charge in [-0.2, -0.15) is 4.31 Å². The van der Waals surface area contributed by atoms with Crippen molar-refractivity contribution in [1.82, 2.24) is 9.62 Å². The fourth-order valence-electron chi connectivity index (χ4n) is 3.13. The van der Waals surface area contributed by atoms with Gasteiger partial charge in [-0.25, -0.2) is 8.42 Å². The van der Waals surface area contributed by atoms with E-state index in [1.807, 2.05) is 38.1 Å². The average Bonchev–Trinajstić information content (AvgIpc) is 3.48. The molecule has 0 spiro atoms. The summed E-state index contributed by atoms with van der Waals surface area (Å²) in [6.45, 7) is 4.04. The zero-order valence-corrected chi connectivity index (χ0v) is 18.7. The predicted molar refractivity (Wildman–Crippen MR) is 113 cm³/mol. The van der Waals surface area contributed by atoms with Gasteiger partial charge in [-0.15, -0.1) is 0 Å². The highest BCUT2D eigenvalue weighted by atomic mass is 79.9. The first kappa shape index (κ1) is 21.0. The van der Waals surface area contributed by atoms with Crippen LogP contribution in [0.15, 0.2) is 57.9 Å². The highest BCUT2D eigenvalue weighted by molar-refractivity contribution is 9.10. The normalized spacial score (nSPS) is 15.6. The Balaban J connectivity index is 1.66. The van der Waals surface area contributed by atoms with Crippen molar-refractivity contribution in [3.05, 3.63) is 64.1 Å². The van der Waals surface area contributed by atoms with Gasteiger partial charge in [-0.3, -0.25) is 4.79 Å². The summed E-state index contributed by atoms with van der Waals surface area (Å²) in [5.41, 5.74) is 1.45. The van der Waals surface area contributed by atoms with Gasteiger partial charge in [0.25, 0.3) is 0 Å². The van der Waals surface area contributed by atoms with Crippen LogP contribution in [-0.4, -0.2) is 31.7 Å². The molecule has 5 nitrogen and oxygen atoms in total. The predicted octanol–water partition coefficient (Wildman–Crippen LogP) is 3.83. The highest BCUT2D eigenvalue weighted by Gasteiger charge is 2.51. The van der Waals surface area contributed by atoms with E-state index in [9.17, 15) is 13.2 Å². The van der Waals surface area contributed by atoms with Crippen LogP contribution in [0.5, 0.6) is 0 Å². The molecule has 0 heterocycles. The molecule has 1 amide bonds. The molecule has 7 heteroatoms. The molecule has 0 saturated heterocycles. The minimum absolute atomic E-state index is 0.0156. The Morgan fingerprint density at radius 2 is 1.82 bits per heavy atom. The standard InChI is InChI=1S/C21H25BrN2O3S/c1-15(2)24(3)28(26,27)19-9-7-16(8-10-19)14-23-20(25)21(11-12-21)17-5-4-6-18(22)13-17/h4-10,13,15H,11-12,14H2,1-3H3,(H,23,25). The molecule has 3 rings (SSSR count). The van der Waals surface area contributed by atoms with Gasteiger partial charge in [0.2, 0.25) is 15.9 Å². The zero-order chi connectivity index (χ0) is 20.5. The lowest BCUT2D eigenvalue weighted by Gasteiger charge is -2.21. The van der Waals surface area contributed by atoms with E-state index in [2.05, 4.69) is 21.2 Å². The number of hydrogen-bond donors (Lipinski definition) is 1. The molecule has 0 bridgehead atoms. The fraction of sp³-hybridized carbons (Fsp3) is 0.381. The third-order valence-electron chi connectivity index (χ3n) is 5.34. The van der Waals surface area contributed by atoms with Gasteiger partial charge in [0.1, 0.15) is 0 Å². The number of benzene rings is 2. The number of nitrogens with zero attached hydrogens (tertiary/aromatic N) is 1. The largest absolute Gasteiger partial charge is 0.351 e. The Labute approximate surface area is 175 Å². The van der Waals surface area contributed by atoms with Crippen LogP contribution in [-0.2, 0) is 26.8 Å². The van der Waals surface area contributed by atoms with Crippen LogP contribution >= 0.6 is 15.9 Å². The Morgan fingerprint density at radius 3 is 2.36 bits per heavy atom. The Hall–Kier alpha value is -1.70. The topological polar surface area (TPSA) is 66.5 Å². The second-order valence-corrected chi connectivity index (χ2v) is 10.4. The number of rotatable bonds is 7. The number of nitrogens with one attached hydrogen (secondary N) is 1. The zero-order valence-electron chi connectivity index (χ0n) is 16.3. The van der Waals surface area contributed by atoms with Crippen LogP contribution in [0.4, 0.5) is 0 Å². The second-order valence-electron chi connectivity index (χ2n) is 7.53. The summed E-state index contributed by atoms with van der Waals surface area (Å²) in [5, 5.41) is 3.00. The molecular weight excluding hydrogens is 440 g/mol. The van der Waals surface area contributed by atoms with Crippen LogP contribution < -0.4 is 5.32 Å². The molecule has 0 aromatic heterocycles. The van der Waals surface area contributed by atoms with Gasteiger partial charge in [-0.1, -0.05) is 40.2 Å². The van der Waals surface area contributed by atoms with Crippen molar-refractivity contribution in [3.8, 4) is 0 Å². The third-order valence-corrected chi connectivity index (χ3v) is 7.88. The molecule has 1 N–H and O–H groups in total. The molecule has 150 valence electrons. The number of carbonyl (C=O) groups is 1. The maximum atomic E-state index is 12.8. The van der Waals surface area contributed by atoms with Crippen molar-refractivity contribution < 1.29 is 13.2 Å². The quantitative estimate of drug-likeness (QED) is 0.676. The SMILES string of the molecule is CC(C)N(C)S(=O)(=O)c1ccc(CNC(=O)C2(c3cccc(Br)c3)CC2)cc1. The van der Waals surface area contributed by atoms with Crippen LogP contribution in [0.25, 0.3) is 0 Å². The highest BCUT2D eigenvalue weighted by Crippen LogP contribution is 2.48. The van der Waals surface area contributed by atoms with Crippen LogP contribution in [0.1, 0.15) is 37.8 Å². The number of carbonyl (C=O) groups excluding carboxylic acids is 1. The minimum atomic E-state index is -3.50. The molecule has 0 atom stereocenters. The number of halogens is 1. The van der Waals surface area contributed by atoms with E-state index in [-0.39, 0.29) is 16.8 Å². The van der Waals surface area contributed by atoms with Crippen molar-refractivity contribution in [1.29, 1.82) is 0 Å². The molecule has 2 aromatic rings. The molecule has 0 radical (unpaired) electrons. The Bertz CT molecular complexity index is 967. The van der Waals surface area contributed by atoms with Crippen molar-refractivity contribution in [3.63, 3.8) is 0 Å². The molecular formula is C21H25BrN2O3S. The van der Waals surface area contributed by atoms with E-state index in [1.54, 1.807) is 31.3 Å². The molecule has 28 heavy (non-hydrogen) atoms. The lowest BCUT2D eigenvalue weighted by molar-refractivity contribution is -0.123. The fourth-order valence-corrected chi connectivity index (χ4v) is 4.90. The van der Waals surface area contributed by atoms with Gasteiger partial charge in [-0.05, 0) is 62.1 Å². The van der Waals surface area contributed by atoms with Gasteiger partial charge >= 0.3 is 0 Å². The Kier molecular flexibility index (Phi) is 5.98. The molecule has 1 aliphatic rings. The van der Waals surface area contributed by atoms with Crippen molar-refractivity contribution >= 4 is 31.9 Å². The monoisotopic (exact) mass is 464 g/mol. The summed E-state index contributed by atoms with van der Waals surface area (Å²) in [4.78, 5) is 13.0. The van der Waals surface area contributed by atoms with E-state index < -0.39 is 15.4 Å². The maximum absolute atomic E-state index is 12.8. The first-order valence-electron chi connectivity index (χ1n) is 9.28. The first-order chi connectivity index (χ1) is 13.2. The summed E-state index contributed by atoms with van der Waals surface area (Å²) in [6.07, 6.45) is 1.68. The molecule has 1 saturated carbocycles. The van der Waals surface area contributed by atoms with E-state index in [4.69, 9.17) is 0 Å². The van der Waals surface area contributed by atoms with Gasteiger partial charge in [0.15, 0.2) is 0 Å². The summed E-state index contributed by atoms with van der Waals surface area (Å²) in [7, 11) is -1.92. The summed E-state index contributed by atoms with van der Waals surface area (Å²) >= 11 is 3.46. The molecule has 0 unspecified atom stereocenters. The Morgan fingerprint density at radius 1 is 1.18 bits per heavy atom. The van der Waals surface area contributed by atoms with E-state index in [0.717, 1.165) is 28.4 Å². The van der Waals surface area contributed by atoms with Gasteiger partial charge < -0.3 is 5.32 Å². The summed E-state index contributed by atoms with van der Waals surface area (Å²) < 4.78 is 27.4. The molecule has 1 aliphatic carbocycles. The third kappa shape index (κ3) is 4.16. The average molecular weight is 465 g/mol. The summed E-state index contributed by atoms with van der Waals surface area (Å²) in [6, 6.07) is 14.5. The number of amides is 1. The second kappa shape index (κ2) is 7.97. The smallest absolute Gasteiger partial charge is 0.243 e. The van der Waals surface area contributed by atoms with E-state index >= 15 is 0 Å². The van der Waals surface area contributed by atoms with Crippen LogP contribution in [0, 0.1) is 0 Å². The number of hydrogen-bond acceptors (Lipinski definition) is 3. The molecule has 1 fully saturated rings. The molecule has 0 aliphatic heterocycles. The molecule has 2 aromatic carbocycles. The van der Waals surface area contributed by atoms with Crippen LogP contribution in [0.3, 0.4) is 0 Å². The first-order valence-corrected chi connectivity index (χ1v) is 11.5. The van der Waals surface area contributed by atoms with Crippen molar-refractivity contribution in [2.45, 2.75) is 49.6 Å². The van der Waals surface area contributed by atoms with Crippen LogP contribution in [0.2, 0.25) is 0 Å². The lowest BCUT2D eigenvalue weighted by Crippen LogP contribution is -2.34. The minimum Gasteiger partial charge on any atom is -0.351 e. The van der Waals surface area contributed by atoms with Gasteiger partial charge in [0.05, 0.1) is 10.3 Å². The van der Waals surface area contributed by atoms with Crippen molar-refractivity contribution in [2.75, 3.05) is 7.05 Å². The number of sulfonamides is 1.